The fourth-order valence-corrected chi connectivity index (χ4v) is 3.34. The van der Waals surface area contributed by atoms with E-state index in [0.29, 0.717) is 19.5 Å². The molecule has 4 rings (SSSR count). The van der Waals surface area contributed by atoms with Crippen LogP contribution >= 0.6 is 0 Å². The van der Waals surface area contributed by atoms with Gasteiger partial charge in [-0.1, -0.05) is 18.2 Å². The van der Waals surface area contributed by atoms with Gasteiger partial charge in [0.15, 0.2) is 0 Å². The fourth-order valence-electron chi connectivity index (χ4n) is 3.34. The molecule has 1 atom stereocenters. The SMILES string of the molecule is COC(=O)[C@@H]1Cc2ncn(C)c2CN1Cc1cc2ccccc2o1. The Kier molecular flexibility index (Phi) is 3.61. The summed E-state index contributed by atoms with van der Waals surface area (Å²) >= 11 is 0. The molecule has 3 heterocycles. The quantitative estimate of drug-likeness (QED) is 0.691. The van der Waals surface area contributed by atoms with E-state index < -0.39 is 0 Å². The van der Waals surface area contributed by atoms with E-state index in [1.165, 1.54) is 7.11 Å². The number of ether oxygens (including phenoxy) is 1. The fraction of sp³-hybridized carbons (Fsp3) is 0.333. The second-order valence-electron chi connectivity index (χ2n) is 6.15. The predicted molar refractivity (Wildman–Crippen MR) is 88.2 cm³/mol. The summed E-state index contributed by atoms with van der Waals surface area (Å²) < 4.78 is 12.9. The van der Waals surface area contributed by atoms with Crippen LogP contribution in [0.4, 0.5) is 0 Å². The topological polar surface area (TPSA) is 60.5 Å². The summed E-state index contributed by atoms with van der Waals surface area (Å²) in [6.45, 7) is 1.20. The number of rotatable bonds is 3. The Morgan fingerprint density at radius 3 is 3.04 bits per heavy atom. The van der Waals surface area contributed by atoms with E-state index in [1.54, 1.807) is 6.33 Å². The molecule has 0 N–H and O–H groups in total. The first kappa shape index (κ1) is 15.0. The Hall–Kier alpha value is -2.60. The summed E-state index contributed by atoms with van der Waals surface area (Å²) in [7, 11) is 3.40. The van der Waals surface area contributed by atoms with Gasteiger partial charge >= 0.3 is 5.97 Å². The highest BCUT2D eigenvalue weighted by molar-refractivity contribution is 5.78. The number of carbonyl (C=O) groups is 1. The minimum absolute atomic E-state index is 0.234. The lowest BCUT2D eigenvalue weighted by atomic mass is 10.0. The van der Waals surface area contributed by atoms with Crippen molar-refractivity contribution in [2.75, 3.05) is 7.11 Å². The molecular formula is C18H19N3O3. The maximum Gasteiger partial charge on any atom is 0.323 e. The molecule has 2 aromatic heterocycles. The zero-order valence-electron chi connectivity index (χ0n) is 13.7. The Morgan fingerprint density at radius 1 is 1.42 bits per heavy atom. The number of hydrogen-bond acceptors (Lipinski definition) is 5. The van der Waals surface area contributed by atoms with Gasteiger partial charge < -0.3 is 13.7 Å². The highest BCUT2D eigenvalue weighted by Crippen LogP contribution is 2.27. The molecule has 0 saturated carbocycles. The minimum Gasteiger partial charge on any atom is -0.468 e. The molecule has 0 fully saturated rings. The first-order valence-electron chi connectivity index (χ1n) is 7.94. The molecule has 3 aromatic rings. The lowest BCUT2D eigenvalue weighted by Crippen LogP contribution is -2.46. The molecule has 124 valence electrons. The lowest BCUT2D eigenvalue weighted by Gasteiger charge is -2.32. The summed E-state index contributed by atoms with van der Waals surface area (Å²) in [5.41, 5.74) is 2.96. The number of aryl methyl sites for hydroxylation is 1. The molecule has 6 nitrogen and oxygen atoms in total. The van der Waals surface area contributed by atoms with Gasteiger partial charge in [0.2, 0.25) is 0 Å². The molecule has 6 heteroatoms. The molecule has 0 bridgehead atoms. The molecule has 0 saturated heterocycles. The van der Waals surface area contributed by atoms with Crippen molar-refractivity contribution >= 4 is 16.9 Å². The second kappa shape index (κ2) is 5.79. The van der Waals surface area contributed by atoms with E-state index in [0.717, 1.165) is 28.1 Å². The van der Waals surface area contributed by atoms with Crippen LogP contribution in [0.15, 0.2) is 41.1 Å². The number of esters is 1. The van der Waals surface area contributed by atoms with Gasteiger partial charge in [-0.3, -0.25) is 9.69 Å². The molecule has 0 spiro atoms. The number of aromatic nitrogens is 2. The molecule has 0 radical (unpaired) electrons. The van der Waals surface area contributed by atoms with E-state index in [4.69, 9.17) is 9.15 Å². The molecule has 1 aliphatic rings. The summed E-state index contributed by atoms with van der Waals surface area (Å²) in [4.78, 5) is 18.7. The first-order chi connectivity index (χ1) is 11.7. The highest BCUT2D eigenvalue weighted by atomic mass is 16.5. The Balaban J connectivity index is 1.65. The predicted octanol–water partition coefficient (Wildman–Crippen LogP) is 2.27. The lowest BCUT2D eigenvalue weighted by molar-refractivity contribution is -0.148. The van der Waals surface area contributed by atoms with Crippen molar-refractivity contribution < 1.29 is 13.9 Å². The Morgan fingerprint density at radius 2 is 2.25 bits per heavy atom. The molecule has 0 amide bonds. The number of para-hydroxylation sites is 1. The van der Waals surface area contributed by atoms with Crippen LogP contribution in [0.1, 0.15) is 17.1 Å². The number of methoxy groups -OCH3 is 1. The van der Waals surface area contributed by atoms with Crippen LogP contribution in [-0.2, 0) is 36.1 Å². The average molecular weight is 325 g/mol. The van der Waals surface area contributed by atoms with Crippen molar-refractivity contribution in [3.63, 3.8) is 0 Å². The summed E-state index contributed by atoms with van der Waals surface area (Å²) in [6, 6.07) is 9.60. The van der Waals surface area contributed by atoms with E-state index >= 15 is 0 Å². The van der Waals surface area contributed by atoms with Crippen LogP contribution in [0.3, 0.4) is 0 Å². The molecular weight excluding hydrogens is 306 g/mol. The summed E-state index contributed by atoms with van der Waals surface area (Å²) in [5, 5.41) is 1.07. The van der Waals surface area contributed by atoms with E-state index in [1.807, 2.05) is 41.9 Å². The second-order valence-corrected chi connectivity index (χ2v) is 6.15. The third-order valence-corrected chi connectivity index (χ3v) is 4.63. The van der Waals surface area contributed by atoms with Gasteiger partial charge in [-0.15, -0.1) is 0 Å². The molecule has 1 aliphatic heterocycles. The van der Waals surface area contributed by atoms with Crippen molar-refractivity contribution in [2.45, 2.75) is 25.6 Å². The van der Waals surface area contributed by atoms with Crippen molar-refractivity contribution in [2.24, 2.45) is 7.05 Å². The Labute approximate surface area is 139 Å². The smallest absolute Gasteiger partial charge is 0.323 e. The minimum atomic E-state index is -0.342. The van der Waals surface area contributed by atoms with Crippen molar-refractivity contribution in [3.8, 4) is 0 Å². The number of fused-ring (bicyclic) bond motifs is 2. The van der Waals surface area contributed by atoms with Gasteiger partial charge in [0.25, 0.3) is 0 Å². The number of benzene rings is 1. The largest absolute Gasteiger partial charge is 0.468 e. The van der Waals surface area contributed by atoms with Crippen LogP contribution in [0, 0.1) is 0 Å². The maximum atomic E-state index is 12.2. The van der Waals surface area contributed by atoms with Crippen LogP contribution in [0.5, 0.6) is 0 Å². The number of imidazole rings is 1. The van der Waals surface area contributed by atoms with Crippen LogP contribution in [-0.4, -0.2) is 33.6 Å². The monoisotopic (exact) mass is 325 g/mol. The number of nitrogens with zero attached hydrogens (tertiary/aromatic N) is 3. The highest BCUT2D eigenvalue weighted by Gasteiger charge is 2.34. The van der Waals surface area contributed by atoms with Crippen molar-refractivity contribution in [1.29, 1.82) is 0 Å². The standard InChI is InChI=1S/C18H19N3O3/c1-20-11-19-14-8-15(18(22)23-2)21(10-16(14)20)9-13-7-12-5-3-4-6-17(12)24-13/h3-7,11,15H,8-10H2,1-2H3/t15-/m0/s1. The molecule has 0 unspecified atom stereocenters. The maximum absolute atomic E-state index is 12.2. The van der Waals surface area contributed by atoms with Gasteiger partial charge in [0, 0.05) is 25.4 Å². The van der Waals surface area contributed by atoms with Gasteiger partial charge in [-0.25, -0.2) is 4.98 Å². The molecule has 24 heavy (non-hydrogen) atoms. The van der Waals surface area contributed by atoms with Crippen LogP contribution in [0.25, 0.3) is 11.0 Å². The molecule has 1 aromatic carbocycles. The summed E-state index contributed by atoms with van der Waals surface area (Å²) in [5.74, 6) is 0.609. The van der Waals surface area contributed by atoms with E-state index in [2.05, 4.69) is 9.88 Å². The average Bonchev–Trinajstić information content (AvgIpc) is 3.16. The number of carbonyl (C=O) groups excluding carboxylic acids is 1. The first-order valence-corrected chi connectivity index (χ1v) is 7.94. The zero-order chi connectivity index (χ0) is 16.7. The van der Waals surface area contributed by atoms with Gasteiger partial charge in [-0.2, -0.15) is 0 Å². The third kappa shape index (κ3) is 2.49. The van der Waals surface area contributed by atoms with E-state index in [9.17, 15) is 4.79 Å². The zero-order valence-corrected chi connectivity index (χ0v) is 13.7. The number of furan rings is 1. The normalized spacial score (nSPS) is 17.8. The van der Waals surface area contributed by atoms with Crippen molar-refractivity contribution in [1.82, 2.24) is 14.5 Å². The van der Waals surface area contributed by atoms with Gasteiger partial charge in [-0.05, 0) is 12.1 Å². The van der Waals surface area contributed by atoms with Crippen molar-refractivity contribution in [3.05, 3.63) is 53.8 Å². The van der Waals surface area contributed by atoms with E-state index in [-0.39, 0.29) is 12.0 Å². The number of hydrogen-bond donors (Lipinski definition) is 0. The van der Waals surface area contributed by atoms with Gasteiger partial charge in [0.1, 0.15) is 17.4 Å². The van der Waals surface area contributed by atoms with Gasteiger partial charge in [0.05, 0.1) is 31.4 Å². The molecule has 0 aliphatic carbocycles. The summed E-state index contributed by atoms with van der Waals surface area (Å²) in [6.07, 6.45) is 2.35. The Bertz CT molecular complexity index is 863. The van der Waals surface area contributed by atoms with Crippen LogP contribution in [0.2, 0.25) is 0 Å². The third-order valence-electron chi connectivity index (χ3n) is 4.63. The van der Waals surface area contributed by atoms with Crippen LogP contribution < -0.4 is 0 Å².